The number of Topliss-reactive ketones (excluding diaryl/α,β-unsaturated/α-hetero) is 1. The molecule has 2 aromatic carbocycles. The van der Waals surface area contributed by atoms with Crippen LogP contribution < -0.4 is 4.74 Å². The highest BCUT2D eigenvalue weighted by molar-refractivity contribution is 6.46. The molecule has 7 nitrogen and oxygen atoms in total. The Bertz CT molecular complexity index is 978. The number of ketones is 1. The van der Waals surface area contributed by atoms with E-state index in [-0.39, 0.29) is 36.3 Å². The summed E-state index contributed by atoms with van der Waals surface area (Å²) < 4.78 is 11.1. The molecule has 3 rings (SSSR count). The molecule has 0 bridgehead atoms. The summed E-state index contributed by atoms with van der Waals surface area (Å²) in [6.45, 7) is 6.81. The van der Waals surface area contributed by atoms with Crippen LogP contribution in [-0.2, 0) is 14.3 Å². The fourth-order valence-corrected chi connectivity index (χ4v) is 3.59. The van der Waals surface area contributed by atoms with Crippen LogP contribution >= 0.6 is 0 Å². The van der Waals surface area contributed by atoms with Gasteiger partial charge in [-0.1, -0.05) is 19.1 Å². The minimum absolute atomic E-state index is 0.00691. The normalized spacial score (nSPS) is 17.9. The van der Waals surface area contributed by atoms with Crippen LogP contribution in [0.15, 0.2) is 54.1 Å². The van der Waals surface area contributed by atoms with E-state index in [1.54, 1.807) is 36.4 Å². The highest BCUT2D eigenvalue weighted by Crippen LogP contribution is 2.39. The summed E-state index contributed by atoms with van der Waals surface area (Å²) in [4.78, 5) is 27.2. The second-order valence-corrected chi connectivity index (χ2v) is 7.88. The molecule has 0 aromatic heterocycles. The Morgan fingerprint density at radius 1 is 1.03 bits per heavy atom. The van der Waals surface area contributed by atoms with Gasteiger partial charge in [-0.25, -0.2) is 0 Å². The maximum Gasteiger partial charge on any atom is 0.295 e. The zero-order valence-electron chi connectivity index (χ0n) is 18.6. The van der Waals surface area contributed by atoms with Crippen molar-refractivity contribution in [2.45, 2.75) is 39.3 Å². The van der Waals surface area contributed by atoms with Crippen LogP contribution in [0.3, 0.4) is 0 Å². The van der Waals surface area contributed by atoms with E-state index in [1.165, 1.54) is 17.0 Å². The fraction of sp³-hybridized carbons (Fsp3) is 0.360. The zero-order chi connectivity index (χ0) is 23.3. The Morgan fingerprint density at radius 2 is 1.69 bits per heavy atom. The molecule has 1 fully saturated rings. The maximum absolute atomic E-state index is 13.0. The highest BCUT2D eigenvalue weighted by Gasteiger charge is 2.45. The quantitative estimate of drug-likeness (QED) is 0.348. The lowest BCUT2D eigenvalue weighted by Gasteiger charge is -2.25. The molecule has 2 N–H and O–H groups in total. The molecule has 7 heteroatoms. The lowest BCUT2D eigenvalue weighted by atomic mass is 9.95. The lowest BCUT2D eigenvalue weighted by molar-refractivity contribution is -0.140. The van der Waals surface area contributed by atoms with Crippen molar-refractivity contribution in [2.75, 3.05) is 19.8 Å². The Hall–Kier alpha value is -3.32. The number of nitrogens with zero attached hydrogens (tertiary/aromatic N) is 1. The molecule has 1 heterocycles. The number of carbonyl (C=O) groups is 2. The van der Waals surface area contributed by atoms with Crippen LogP contribution in [0.5, 0.6) is 11.5 Å². The van der Waals surface area contributed by atoms with Gasteiger partial charge in [-0.05, 0) is 62.2 Å². The minimum Gasteiger partial charge on any atom is -0.508 e. The second kappa shape index (κ2) is 10.3. The van der Waals surface area contributed by atoms with E-state index in [1.807, 2.05) is 20.8 Å². The Kier molecular flexibility index (Phi) is 7.53. The zero-order valence-corrected chi connectivity index (χ0v) is 18.6. The summed E-state index contributed by atoms with van der Waals surface area (Å²) in [6.07, 6.45) is 0.852. The van der Waals surface area contributed by atoms with E-state index in [2.05, 4.69) is 0 Å². The number of aliphatic hydroxyl groups is 1. The average Bonchev–Trinajstić information content (AvgIpc) is 3.03. The number of aromatic hydroxyl groups is 1. The van der Waals surface area contributed by atoms with E-state index in [0.29, 0.717) is 23.5 Å². The van der Waals surface area contributed by atoms with Crippen LogP contribution in [0.25, 0.3) is 5.76 Å². The number of phenols is 1. The van der Waals surface area contributed by atoms with Gasteiger partial charge in [0.2, 0.25) is 0 Å². The monoisotopic (exact) mass is 439 g/mol. The average molecular weight is 440 g/mol. The van der Waals surface area contributed by atoms with Gasteiger partial charge in [0, 0.05) is 12.1 Å². The predicted molar refractivity (Wildman–Crippen MR) is 120 cm³/mol. The maximum atomic E-state index is 13.0. The molecule has 2 aromatic rings. The van der Waals surface area contributed by atoms with Gasteiger partial charge in [-0.3, -0.25) is 9.59 Å². The van der Waals surface area contributed by atoms with Crippen LogP contribution in [-0.4, -0.2) is 52.7 Å². The van der Waals surface area contributed by atoms with Gasteiger partial charge in [0.1, 0.15) is 17.3 Å². The molecular formula is C25H29NO6. The van der Waals surface area contributed by atoms with Gasteiger partial charge < -0.3 is 24.6 Å². The molecule has 1 amide bonds. The van der Waals surface area contributed by atoms with Crippen molar-refractivity contribution < 1.29 is 29.3 Å². The van der Waals surface area contributed by atoms with Gasteiger partial charge in [0.05, 0.1) is 30.9 Å². The first-order valence-corrected chi connectivity index (χ1v) is 10.8. The number of rotatable bonds is 9. The third-order valence-electron chi connectivity index (χ3n) is 5.13. The first kappa shape index (κ1) is 23.3. The van der Waals surface area contributed by atoms with Crippen molar-refractivity contribution in [3.63, 3.8) is 0 Å². The Balaban J connectivity index is 2.01. The Morgan fingerprint density at radius 3 is 2.28 bits per heavy atom. The largest absolute Gasteiger partial charge is 0.508 e. The van der Waals surface area contributed by atoms with E-state index in [0.717, 1.165) is 6.42 Å². The van der Waals surface area contributed by atoms with Gasteiger partial charge in [0.25, 0.3) is 11.7 Å². The summed E-state index contributed by atoms with van der Waals surface area (Å²) in [5.41, 5.74) is 1.03. The van der Waals surface area contributed by atoms with E-state index >= 15 is 0 Å². The molecule has 32 heavy (non-hydrogen) atoms. The molecule has 0 aliphatic carbocycles. The van der Waals surface area contributed by atoms with Gasteiger partial charge >= 0.3 is 0 Å². The number of hydrogen-bond donors (Lipinski definition) is 2. The minimum atomic E-state index is -0.789. The van der Waals surface area contributed by atoms with Gasteiger partial charge in [-0.2, -0.15) is 0 Å². The topological polar surface area (TPSA) is 96.3 Å². The molecule has 170 valence electrons. The van der Waals surface area contributed by atoms with Crippen LogP contribution in [0, 0.1) is 0 Å². The lowest BCUT2D eigenvalue weighted by Crippen LogP contribution is -2.33. The standard InChI is InChI=1S/C25H29NO6/c1-4-14-32-20-11-7-18(8-12-20)23(28)21-22(17-5-9-19(27)10-6-17)26(25(30)24(21)29)13-15-31-16(2)3/h5-12,16,22,27-28H,4,13-15H2,1-3H3/b23-21-. The third kappa shape index (κ3) is 5.11. The number of aliphatic hydroxyl groups excluding tert-OH is 1. The number of ether oxygens (including phenoxy) is 2. The number of hydrogen-bond acceptors (Lipinski definition) is 6. The molecular weight excluding hydrogens is 410 g/mol. The smallest absolute Gasteiger partial charge is 0.295 e. The molecule has 0 saturated carbocycles. The number of carbonyl (C=O) groups excluding carboxylic acids is 2. The van der Waals surface area contributed by atoms with Crippen molar-refractivity contribution >= 4 is 17.4 Å². The highest BCUT2D eigenvalue weighted by atomic mass is 16.5. The molecule has 1 aliphatic heterocycles. The number of benzene rings is 2. The SMILES string of the molecule is CCCOc1ccc(/C(O)=C2/C(=O)C(=O)N(CCOC(C)C)C2c2ccc(O)cc2)cc1. The number of amides is 1. The van der Waals surface area contributed by atoms with Crippen molar-refractivity contribution in [2.24, 2.45) is 0 Å². The van der Waals surface area contributed by atoms with Gasteiger partial charge in [0.15, 0.2) is 0 Å². The van der Waals surface area contributed by atoms with E-state index < -0.39 is 17.7 Å². The molecule has 1 aliphatic rings. The molecule has 0 radical (unpaired) electrons. The van der Waals surface area contributed by atoms with Crippen LogP contribution in [0.1, 0.15) is 44.4 Å². The summed E-state index contributed by atoms with van der Waals surface area (Å²) in [5, 5.41) is 20.7. The molecule has 1 saturated heterocycles. The second-order valence-electron chi connectivity index (χ2n) is 7.88. The predicted octanol–water partition coefficient (Wildman–Crippen LogP) is 4.03. The first-order valence-electron chi connectivity index (χ1n) is 10.8. The third-order valence-corrected chi connectivity index (χ3v) is 5.13. The van der Waals surface area contributed by atoms with Crippen molar-refractivity contribution in [3.05, 3.63) is 65.2 Å². The van der Waals surface area contributed by atoms with Crippen molar-refractivity contribution in [3.8, 4) is 11.5 Å². The van der Waals surface area contributed by atoms with Crippen molar-refractivity contribution in [1.82, 2.24) is 4.90 Å². The molecule has 1 atom stereocenters. The van der Waals surface area contributed by atoms with Crippen molar-refractivity contribution in [1.29, 1.82) is 0 Å². The summed E-state index contributed by atoms with van der Waals surface area (Å²) in [7, 11) is 0. The van der Waals surface area contributed by atoms with Crippen LogP contribution in [0.4, 0.5) is 0 Å². The summed E-state index contributed by atoms with van der Waals surface area (Å²) in [5.74, 6) is -0.978. The summed E-state index contributed by atoms with van der Waals surface area (Å²) in [6, 6.07) is 12.2. The first-order chi connectivity index (χ1) is 15.3. The van der Waals surface area contributed by atoms with Crippen LogP contribution in [0.2, 0.25) is 0 Å². The Labute approximate surface area is 187 Å². The van der Waals surface area contributed by atoms with E-state index in [4.69, 9.17) is 9.47 Å². The van der Waals surface area contributed by atoms with Gasteiger partial charge in [-0.15, -0.1) is 0 Å². The summed E-state index contributed by atoms with van der Waals surface area (Å²) >= 11 is 0. The molecule has 0 spiro atoms. The number of phenolic OH excluding ortho intramolecular Hbond substituents is 1. The fourth-order valence-electron chi connectivity index (χ4n) is 3.59. The molecule has 1 unspecified atom stereocenters. The van der Waals surface area contributed by atoms with E-state index in [9.17, 15) is 19.8 Å². The number of likely N-dealkylation sites (tertiary alicyclic amines) is 1.